The highest BCUT2D eigenvalue weighted by atomic mass is 32.2. The molecule has 164 valence electrons. The number of furan rings is 1. The standard InChI is InChI=1S/C22H24N2O6S/c1-23-22(25)17-8-6-16(7-9-17)14-24(15-18-5-4-12-30-18)31(26,27)19-10-11-20(28-2)21(13-19)29-3/h4-13H,14-15H2,1-3H3,(H,23,25). The summed E-state index contributed by atoms with van der Waals surface area (Å²) in [6.07, 6.45) is 1.49. The third-order valence-electron chi connectivity index (χ3n) is 4.71. The molecule has 3 aromatic rings. The Labute approximate surface area is 181 Å². The molecule has 0 fully saturated rings. The van der Waals surface area contributed by atoms with E-state index in [0.29, 0.717) is 22.8 Å². The fourth-order valence-electron chi connectivity index (χ4n) is 3.04. The first kappa shape index (κ1) is 22.4. The molecule has 0 saturated carbocycles. The van der Waals surface area contributed by atoms with E-state index in [-0.39, 0.29) is 23.9 Å². The zero-order valence-electron chi connectivity index (χ0n) is 17.5. The van der Waals surface area contributed by atoms with E-state index in [1.807, 2.05) is 0 Å². The minimum Gasteiger partial charge on any atom is -0.493 e. The van der Waals surface area contributed by atoms with Gasteiger partial charge in [-0.15, -0.1) is 0 Å². The van der Waals surface area contributed by atoms with Crippen LogP contribution in [0.2, 0.25) is 0 Å². The van der Waals surface area contributed by atoms with Crippen molar-refractivity contribution in [3.8, 4) is 11.5 Å². The van der Waals surface area contributed by atoms with Gasteiger partial charge < -0.3 is 19.2 Å². The van der Waals surface area contributed by atoms with Crippen molar-refractivity contribution in [2.24, 2.45) is 0 Å². The quantitative estimate of drug-likeness (QED) is 0.545. The Balaban J connectivity index is 1.95. The zero-order valence-corrected chi connectivity index (χ0v) is 18.3. The van der Waals surface area contributed by atoms with E-state index in [2.05, 4.69) is 5.32 Å². The molecule has 0 bridgehead atoms. The van der Waals surface area contributed by atoms with Crippen LogP contribution in [-0.2, 0) is 23.1 Å². The van der Waals surface area contributed by atoms with Gasteiger partial charge in [0, 0.05) is 25.2 Å². The fourth-order valence-corrected chi connectivity index (χ4v) is 4.45. The minimum absolute atomic E-state index is 0.0425. The number of methoxy groups -OCH3 is 2. The zero-order chi connectivity index (χ0) is 22.4. The average Bonchev–Trinajstić information content (AvgIpc) is 3.31. The first-order valence-corrected chi connectivity index (χ1v) is 10.9. The van der Waals surface area contributed by atoms with Gasteiger partial charge in [-0.05, 0) is 42.0 Å². The highest BCUT2D eigenvalue weighted by Crippen LogP contribution is 2.31. The maximum Gasteiger partial charge on any atom is 0.251 e. The van der Waals surface area contributed by atoms with Gasteiger partial charge in [-0.2, -0.15) is 4.31 Å². The molecule has 0 aliphatic rings. The first-order valence-electron chi connectivity index (χ1n) is 9.44. The van der Waals surface area contributed by atoms with Crippen molar-refractivity contribution in [1.82, 2.24) is 9.62 Å². The minimum atomic E-state index is -3.91. The van der Waals surface area contributed by atoms with Gasteiger partial charge in [0.05, 0.1) is 31.9 Å². The number of carbonyl (C=O) groups excluding carboxylic acids is 1. The highest BCUT2D eigenvalue weighted by molar-refractivity contribution is 7.89. The molecular weight excluding hydrogens is 420 g/mol. The lowest BCUT2D eigenvalue weighted by Crippen LogP contribution is -2.30. The van der Waals surface area contributed by atoms with Gasteiger partial charge in [-0.25, -0.2) is 8.42 Å². The van der Waals surface area contributed by atoms with Gasteiger partial charge in [0.2, 0.25) is 10.0 Å². The number of sulfonamides is 1. The summed E-state index contributed by atoms with van der Waals surface area (Å²) in [7, 11) is 0.578. The molecule has 9 heteroatoms. The molecule has 0 aliphatic carbocycles. The number of carbonyl (C=O) groups is 1. The summed E-state index contributed by atoms with van der Waals surface area (Å²) in [6.45, 7) is 0.131. The third-order valence-corrected chi connectivity index (χ3v) is 6.49. The Morgan fingerprint density at radius 2 is 1.71 bits per heavy atom. The van der Waals surface area contributed by atoms with Crippen LogP contribution in [0.3, 0.4) is 0 Å². The fraction of sp³-hybridized carbons (Fsp3) is 0.227. The number of amides is 1. The number of hydrogen-bond donors (Lipinski definition) is 1. The number of ether oxygens (including phenoxy) is 2. The lowest BCUT2D eigenvalue weighted by Gasteiger charge is -2.22. The summed E-state index contributed by atoms with van der Waals surface area (Å²) < 4.78 is 44.1. The van der Waals surface area contributed by atoms with Crippen LogP contribution >= 0.6 is 0 Å². The second-order valence-corrected chi connectivity index (χ2v) is 8.58. The Hall–Kier alpha value is -3.30. The van der Waals surface area contributed by atoms with E-state index >= 15 is 0 Å². The first-order chi connectivity index (χ1) is 14.9. The number of nitrogens with zero attached hydrogens (tertiary/aromatic N) is 1. The van der Waals surface area contributed by atoms with Gasteiger partial charge in [-0.3, -0.25) is 4.79 Å². The van der Waals surface area contributed by atoms with E-state index in [1.165, 1.54) is 36.9 Å². The van der Waals surface area contributed by atoms with Gasteiger partial charge in [0.15, 0.2) is 11.5 Å². The predicted molar refractivity (Wildman–Crippen MR) is 115 cm³/mol. The Morgan fingerprint density at radius 1 is 1.00 bits per heavy atom. The van der Waals surface area contributed by atoms with Crippen molar-refractivity contribution >= 4 is 15.9 Å². The summed E-state index contributed by atoms with van der Waals surface area (Å²) >= 11 is 0. The van der Waals surface area contributed by atoms with Gasteiger partial charge >= 0.3 is 0 Å². The topological polar surface area (TPSA) is 98.1 Å². The van der Waals surface area contributed by atoms with Crippen LogP contribution in [0.1, 0.15) is 21.7 Å². The Bertz CT molecular complexity index is 1130. The predicted octanol–water partition coefficient (Wildman–Crippen LogP) is 3.05. The van der Waals surface area contributed by atoms with Crippen LogP contribution in [0, 0.1) is 0 Å². The van der Waals surface area contributed by atoms with E-state index < -0.39 is 10.0 Å². The van der Waals surface area contributed by atoms with E-state index in [9.17, 15) is 13.2 Å². The van der Waals surface area contributed by atoms with Crippen molar-refractivity contribution in [1.29, 1.82) is 0 Å². The molecule has 1 amide bonds. The molecule has 8 nitrogen and oxygen atoms in total. The molecule has 0 aliphatic heterocycles. The summed E-state index contributed by atoms with van der Waals surface area (Å²) in [5, 5.41) is 2.56. The van der Waals surface area contributed by atoms with Crippen molar-refractivity contribution < 1.29 is 27.1 Å². The third kappa shape index (κ3) is 5.07. The van der Waals surface area contributed by atoms with Crippen LogP contribution < -0.4 is 14.8 Å². The number of hydrogen-bond acceptors (Lipinski definition) is 6. The van der Waals surface area contributed by atoms with E-state index in [1.54, 1.807) is 49.5 Å². The smallest absolute Gasteiger partial charge is 0.251 e. The summed E-state index contributed by atoms with van der Waals surface area (Å²) in [5.41, 5.74) is 1.22. The lowest BCUT2D eigenvalue weighted by molar-refractivity contribution is 0.0963. The molecule has 1 heterocycles. The van der Waals surface area contributed by atoms with Gasteiger partial charge in [0.25, 0.3) is 5.91 Å². The van der Waals surface area contributed by atoms with Gasteiger partial charge in [-0.1, -0.05) is 12.1 Å². The van der Waals surface area contributed by atoms with Gasteiger partial charge in [0.1, 0.15) is 5.76 Å². The van der Waals surface area contributed by atoms with Crippen molar-refractivity contribution in [2.45, 2.75) is 18.0 Å². The lowest BCUT2D eigenvalue weighted by atomic mass is 10.1. The summed E-state index contributed by atoms with van der Waals surface area (Å²) in [5.74, 6) is 1.04. The Kier molecular flexibility index (Phi) is 6.98. The maximum atomic E-state index is 13.5. The molecule has 31 heavy (non-hydrogen) atoms. The van der Waals surface area contributed by atoms with Crippen LogP contribution in [0.5, 0.6) is 11.5 Å². The summed E-state index contributed by atoms with van der Waals surface area (Å²) in [6, 6.07) is 14.6. The second-order valence-electron chi connectivity index (χ2n) is 6.65. The van der Waals surface area contributed by atoms with E-state index in [0.717, 1.165) is 5.56 Å². The maximum absolute atomic E-state index is 13.5. The normalized spacial score (nSPS) is 11.4. The van der Waals surface area contributed by atoms with Crippen molar-refractivity contribution in [3.63, 3.8) is 0 Å². The molecule has 2 aromatic carbocycles. The van der Waals surface area contributed by atoms with Crippen molar-refractivity contribution in [3.05, 3.63) is 77.7 Å². The number of rotatable bonds is 9. The second kappa shape index (κ2) is 9.67. The van der Waals surface area contributed by atoms with Crippen LogP contribution in [0.4, 0.5) is 0 Å². The van der Waals surface area contributed by atoms with Crippen LogP contribution in [-0.4, -0.2) is 39.9 Å². The molecule has 1 aromatic heterocycles. The number of nitrogens with one attached hydrogen (secondary N) is 1. The molecule has 1 N–H and O–H groups in total. The molecule has 0 atom stereocenters. The molecule has 0 saturated heterocycles. The average molecular weight is 445 g/mol. The highest BCUT2D eigenvalue weighted by Gasteiger charge is 2.27. The SMILES string of the molecule is CNC(=O)c1ccc(CN(Cc2ccco2)S(=O)(=O)c2ccc(OC)c(OC)c2)cc1. The summed E-state index contributed by atoms with van der Waals surface area (Å²) in [4.78, 5) is 11.8. The Morgan fingerprint density at radius 3 is 2.29 bits per heavy atom. The van der Waals surface area contributed by atoms with E-state index in [4.69, 9.17) is 13.9 Å². The van der Waals surface area contributed by atoms with Crippen molar-refractivity contribution in [2.75, 3.05) is 21.3 Å². The molecule has 0 unspecified atom stereocenters. The molecule has 0 spiro atoms. The largest absolute Gasteiger partial charge is 0.493 e. The molecule has 0 radical (unpaired) electrons. The molecule has 3 rings (SSSR count). The monoisotopic (exact) mass is 444 g/mol. The number of benzene rings is 2. The van der Waals surface area contributed by atoms with Crippen LogP contribution in [0.15, 0.2) is 70.2 Å². The van der Waals surface area contributed by atoms with Crippen LogP contribution in [0.25, 0.3) is 0 Å². The molecular formula is C22H24N2O6S.